The maximum Gasteiger partial charge on any atom is 0.336 e. The van der Waals surface area contributed by atoms with E-state index in [1.807, 2.05) is 0 Å². The molecule has 0 aliphatic carbocycles. The molecule has 0 heterocycles. The lowest BCUT2D eigenvalue weighted by molar-refractivity contribution is -0.132. The number of carbonyl (C=O) groups is 1. The lowest BCUT2D eigenvalue weighted by atomic mass is 10.2. The molecule has 0 amide bonds. The fourth-order valence-corrected chi connectivity index (χ4v) is 0.197. The van der Waals surface area contributed by atoms with Crippen molar-refractivity contribution < 1.29 is 9.90 Å². The van der Waals surface area contributed by atoms with Gasteiger partial charge in [0, 0.05) is 0 Å². The van der Waals surface area contributed by atoms with Crippen molar-refractivity contribution in [2.45, 2.75) is 0 Å². The topological polar surface area (TPSA) is 61.1 Å². The minimum atomic E-state index is -1.21. The molecule has 0 saturated heterocycles. The van der Waals surface area contributed by atoms with Crippen LogP contribution in [0.5, 0.6) is 0 Å². The highest BCUT2D eigenvalue weighted by atomic mass is 16.4. The number of rotatable bonds is 2. The number of nitrogens with zero attached hydrogens (tertiary/aromatic N) is 1. The predicted octanol–water partition coefficient (Wildman–Crippen LogP) is 0.707. The largest absolute Gasteiger partial charge is 0.478 e. The maximum atomic E-state index is 9.99. The van der Waals surface area contributed by atoms with Gasteiger partial charge < -0.3 is 5.11 Å². The van der Waals surface area contributed by atoms with Crippen LogP contribution in [0.2, 0.25) is 0 Å². The summed E-state index contributed by atoms with van der Waals surface area (Å²) >= 11 is 0. The zero-order chi connectivity index (χ0) is 7.44. The van der Waals surface area contributed by atoms with Crippen LogP contribution in [-0.4, -0.2) is 11.1 Å². The molecule has 0 aliphatic heterocycles. The fourth-order valence-electron chi connectivity index (χ4n) is 0.197. The highest BCUT2D eigenvalue weighted by molar-refractivity contribution is 5.92. The van der Waals surface area contributed by atoms with Crippen molar-refractivity contribution in [3.05, 3.63) is 24.3 Å². The van der Waals surface area contributed by atoms with Crippen molar-refractivity contribution in [2.75, 3.05) is 0 Å². The van der Waals surface area contributed by atoms with Crippen molar-refractivity contribution in [3.8, 4) is 6.07 Å². The lowest BCUT2D eigenvalue weighted by Gasteiger charge is -1.90. The summed E-state index contributed by atoms with van der Waals surface area (Å²) < 4.78 is 0. The van der Waals surface area contributed by atoms with E-state index in [0.717, 1.165) is 0 Å². The molecule has 0 unspecified atom stereocenters. The lowest BCUT2D eigenvalue weighted by Crippen LogP contribution is -1.99. The molecule has 0 atom stereocenters. The summed E-state index contributed by atoms with van der Waals surface area (Å²) in [5.41, 5.74) is -0.361. The van der Waals surface area contributed by atoms with E-state index in [1.54, 1.807) is 6.07 Å². The van der Waals surface area contributed by atoms with Gasteiger partial charge in [0.25, 0.3) is 0 Å². The normalized spacial score (nSPS) is 7.44. The smallest absolute Gasteiger partial charge is 0.336 e. The molecule has 0 saturated carbocycles. The molecule has 0 aliphatic rings. The SMILES string of the molecule is C=C(C#N)C(=C)C(=O)O. The Bertz CT molecular complexity index is 210. The van der Waals surface area contributed by atoms with Gasteiger partial charge in [-0.3, -0.25) is 0 Å². The van der Waals surface area contributed by atoms with Gasteiger partial charge in [-0.25, -0.2) is 4.79 Å². The number of nitriles is 1. The Labute approximate surface area is 52.5 Å². The predicted molar refractivity (Wildman–Crippen MR) is 31.5 cm³/mol. The Morgan fingerprint density at radius 1 is 1.56 bits per heavy atom. The molecule has 0 aromatic rings. The molecular weight excluding hydrogens is 118 g/mol. The number of hydrogen-bond donors (Lipinski definition) is 1. The van der Waals surface area contributed by atoms with Gasteiger partial charge in [0.1, 0.15) is 0 Å². The van der Waals surface area contributed by atoms with Gasteiger partial charge in [0.05, 0.1) is 17.2 Å². The minimum absolute atomic E-state index is 0.109. The van der Waals surface area contributed by atoms with Crippen molar-refractivity contribution >= 4 is 5.97 Å². The average Bonchev–Trinajstić information content (AvgIpc) is 1.84. The van der Waals surface area contributed by atoms with Gasteiger partial charge in [-0.15, -0.1) is 0 Å². The summed E-state index contributed by atoms with van der Waals surface area (Å²) in [5, 5.41) is 16.3. The number of aliphatic carboxylic acids is 1. The van der Waals surface area contributed by atoms with E-state index in [2.05, 4.69) is 13.2 Å². The molecule has 0 radical (unpaired) electrons. The van der Waals surface area contributed by atoms with Gasteiger partial charge in [-0.05, 0) is 0 Å². The number of carboxylic acid groups (broad SMARTS) is 1. The van der Waals surface area contributed by atoms with Gasteiger partial charge in [0.15, 0.2) is 0 Å². The molecular formula is C6H5NO2. The minimum Gasteiger partial charge on any atom is -0.478 e. The summed E-state index contributed by atoms with van der Waals surface area (Å²) in [5.74, 6) is -1.21. The summed E-state index contributed by atoms with van der Waals surface area (Å²) in [6.07, 6.45) is 0. The zero-order valence-electron chi connectivity index (χ0n) is 4.72. The van der Waals surface area contributed by atoms with Crippen LogP contribution in [0.25, 0.3) is 0 Å². The fraction of sp³-hybridized carbons (Fsp3) is 0. The summed E-state index contributed by atoms with van der Waals surface area (Å²) in [4.78, 5) is 9.99. The Morgan fingerprint density at radius 2 is 2.00 bits per heavy atom. The first-order chi connectivity index (χ1) is 4.09. The molecule has 0 rings (SSSR count). The van der Waals surface area contributed by atoms with E-state index >= 15 is 0 Å². The zero-order valence-corrected chi connectivity index (χ0v) is 4.72. The van der Waals surface area contributed by atoms with Crippen LogP contribution in [0.1, 0.15) is 0 Å². The first-order valence-corrected chi connectivity index (χ1v) is 2.11. The van der Waals surface area contributed by atoms with Crippen molar-refractivity contribution in [2.24, 2.45) is 0 Å². The van der Waals surface area contributed by atoms with E-state index in [9.17, 15) is 4.79 Å². The second-order valence-corrected chi connectivity index (χ2v) is 1.37. The molecule has 0 spiro atoms. The molecule has 0 fully saturated rings. The molecule has 0 bridgehead atoms. The quantitative estimate of drug-likeness (QED) is 0.334. The Balaban J connectivity index is 4.28. The second kappa shape index (κ2) is 2.68. The van der Waals surface area contributed by atoms with Gasteiger partial charge >= 0.3 is 5.97 Å². The number of carboxylic acids is 1. The Kier molecular flexibility index (Phi) is 2.21. The van der Waals surface area contributed by atoms with Crippen molar-refractivity contribution in [1.29, 1.82) is 5.26 Å². The first-order valence-electron chi connectivity index (χ1n) is 2.11. The standard InChI is InChI=1S/C6H5NO2/c1-4(3-7)5(2)6(8)9/h1-2H2,(H,8,9). The van der Waals surface area contributed by atoms with Crippen LogP contribution in [0.4, 0.5) is 0 Å². The van der Waals surface area contributed by atoms with Crippen LogP contribution in [-0.2, 0) is 4.79 Å². The summed E-state index contributed by atoms with van der Waals surface area (Å²) in [6, 6.07) is 1.57. The average molecular weight is 123 g/mol. The highest BCUT2D eigenvalue weighted by Gasteiger charge is 2.05. The van der Waals surface area contributed by atoms with Gasteiger partial charge in [-0.2, -0.15) is 5.26 Å². The van der Waals surface area contributed by atoms with Crippen LogP contribution < -0.4 is 0 Å². The maximum absolute atomic E-state index is 9.99. The third-order valence-corrected chi connectivity index (χ3v) is 0.757. The van der Waals surface area contributed by atoms with E-state index in [1.165, 1.54) is 0 Å². The molecule has 9 heavy (non-hydrogen) atoms. The van der Waals surface area contributed by atoms with E-state index in [0.29, 0.717) is 0 Å². The number of hydrogen-bond acceptors (Lipinski definition) is 2. The molecule has 46 valence electrons. The van der Waals surface area contributed by atoms with E-state index in [-0.39, 0.29) is 11.1 Å². The van der Waals surface area contributed by atoms with Crippen LogP contribution >= 0.6 is 0 Å². The summed E-state index contributed by atoms with van der Waals surface area (Å²) in [7, 11) is 0. The highest BCUT2D eigenvalue weighted by Crippen LogP contribution is 2.01. The van der Waals surface area contributed by atoms with E-state index in [4.69, 9.17) is 10.4 Å². The van der Waals surface area contributed by atoms with Gasteiger partial charge in [-0.1, -0.05) is 13.2 Å². The van der Waals surface area contributed by atoms with Crippen molar-refractivity contribution in [3.63, 3.8) is 0 Å². The summed E-state index contributed by atoms with van der Waals surface area (Å²) in [6.45, 7) is 6.26. The molecule has 1 N–H and O–H groups in total. The molecule has 0 aromatic carbocycles. The van der Waals surface area contributed by atoms with E-state index < -0.39 is 5.97 Å². The molecule has 0 aromatic heterocycles. The second-order valence-electron chi connectivity index (χ2n) is 1.37. The van der Waals surface area contributed by atoms with Gasteiger partial charge in [0.2, 0.25) is 0 Å². The van der Waals surface area contributed by atoms with Crippen LogP contribution in [0, 0.1) is 11.3 Å². The van der Waals surface area contributed by atoms with Crippen LogP contribution in [0.15, 0.2) is 24.3 Å². The third-order valence-electron chi connectivity index (χ3n) is 0.757. The first kappa shape index (κ1) is 7.44. The van der Waals surface area contributed by atoms with Crippen LogP contribution in [0.3, 0.4) is 0 Å². The monoisotopic (exact) mass is 123 g/mol. The molecule has 3 heteroatoms. The van der Waals surface area contributed by atoms with Crippen molar-refractivity contribution in [1.82, 2.24) is 0 Å². The Hall–Kier alpha value is -1.56. The third kappa shape index (κ3) is 1.78. The molecule has 3 nitrogen and oxygen atoms in total. The Morgan fingerprint density at radius 3 is 2.11 bits per heavy atom.